The summed E-state index contributed by atoms with van der Waals surface area (Å²) in [7, 11) is 0. The Morgan fingerprint density at radius 2 is 1.95 bits per heavy atom. The summed E-state index contributed by atoms with van der Waals surface area (Å²) in [6, 6.07) is 14.6. The number of hydrogen-bond donors (Lipinski definition) is 1. The van der Waals surface area contributed by atoms with Crippen molar-refractivity contribution in [3.8, 4) is 0 Å². The Morgan fingerprint density at radius 1 is 1.05 bits per heavy atom. The molecule has 0 saturated carbocycles. The van der Waals surface area contributed by atoms with Gasteiger partial charge in [-0.25, -0.2) is 4.98 Å². The molecule has 0 radical (unpaired) electrons. The average Bonchev–Trinajstić information content (AvgIpc) is 2.92. The van der Waals surface area contributed by atoms with Crippen molar-refractivity contribution >= 4 is 11.9 Å². The molecule has 0 unspecified atom stereocenters. The number of nitrogens with zero attached hydrogens (tertiary/aromatic N) is 1. The molecule has 1 aliphatic rings. The fourth-order valence-corrected chi connectivity index (χ4v) is 2.44. The highest BCUT2D eigenvalue weighted by Crippen LogP contribution is 2.21. The van der Waals surface area contributed by atoms with E-state index in [1.165, 1.54) is 29.7 Å². The van der Waals surface area contributed by atoms with Crippen LogP contribution in [0.15, 0.2) is 48.5 Å². The molecule has 0 bridgehead atoms. The van der Waals surface area contributed by atoms with Crippen molar-refractivity contribution in [3.63, 3.8) is 0 Å². The molecule has 0 saturated heterocycles. The van der Waals surface area contributed by atoms with Gasteiger partial charge in [0.05, 0.1) is 0 Å². The smallest absolute Gasteiger partial charge is 0.126 e. The molecule has 1 aromatic heterocycles. The van der Waals surface area contributed by atoms with Crippen molar-refractivity contribution < 1.29 is 0 Å². The molecule has 96 valence electrons. The molecule has 0 atom stereocenters. The number of nitrogens with one attached hydrogen (secondary N) is 1. The summed E-state index contributed by atoms with van der Waals surface area (Å²) in [5, 5.41) is 3.35. The zero-order valence-electron chi connectivity index (χ0n) is 11.0. The number of hydrogen-bond acceptors (Lipinski definition) is 2. The largest absolute Gasteiger partial charge is 0.367 e. The number of rotatable bonds is 4. The highest BCUT2D eigenvalue weighted by Gasteiger charge is 2.11. The van der Waals surface area contributed by atoms with Crippen molar-refractivity contribution in [3.05, 3.63) is 65.4 Å². The Labute approximate surface area is 114 Å². The van der Waals surface area contributed by atoms with Crippen molar-refractivity contribution in [1.29, 1.82) is 0 Å². The lowest BCUT2D eigenvalue weighted by molar-refractivity contribution is 0.899. The van der Waals surface area contributed by atoms with E-state index in [1.807, 2.05) is 6.07 Å². The van der Waals surface area contributed by atoms with Gasteiger partial charge in [0.2, 0.25) is 0 Å². The summed E-state index contributed by atoms with van der Waals surface area (Å²) in [5.74, 6) is 0.985. The van der Waals surface area contributed by atoms with Gasteiger partial charge in [-0.3, -0.25) is 0 Å². The van der Waals surface area contributed by atoms with Crippen LogP contribution in [0.3, 0.4) is 0 Å². The van der Waals surface area contributed by atoms with Crippen LogP contribution in [0.5, 0.6) is 0 Å². The Morgan fingerprint density at radius 3 is 2.84 bits per heavy atom. The zero-order chi connectivity index (χ0) is 12.9. The molecule has 1 N–H and O–H groups in total. The molecule has 3 rings (SSSR count). The van der Waals surface area contributed by atoms with Gasteiger partial charge in [-0.2, -0.15) is 0 Å². The fourth-order valence-electron chi connectivity index (χ4n) is 2.44. The van der Waals surface area contributed by atoms with Crippen LogP contribution in [-0.4, -0.2) is 11.5 Å². The van der Waals surface area contributed by atoms with Gasteiger partial charge in [-0.05, 0) is 36.5 Å². The van der Waals surface area contributed by atoms with E-state index in [0.29, 0.717) is 0 Å². The first kappa shape index (κ1) is 12.0. The Bertz CT molecular complexity index is 573. The molecule has 1 heterocycles. The van der Waals surface area contributed by atoms with Gasteiger partial charge >= 0.3 is 0 Å². The standard InChI is InChI=1S/C17H18N2/c1-2-6-14(7-3-1)8-5-13-18-17-12-11-15-9-4-10-16(15)19-17/h1-3,5-8,11-12H,4,9-10,13H2,(H,18,19)/b8-5+. The topological polar surface area (TPSA) is 24.9 Å². The predicted octanol–water partition coefficient (Wildman–Crippen LogP) is 3.70. The first-order chi connectivity index (χ1) is 9.42. The second kappa shape index (κ2) is 5.70. The van der Waals surface area contributed by atoms with Crippen LogP contribution in [0.4, 0.5) is 5.82 Å². The van der Waals surface area contributed by atoms with Crippen molar-refractivity contribution in [1.82, 2.24) is 4.98 Å². The first-order valence-corrected chi connectivity index (χ1v) is 6.86. The van der Waals surface area contributed by atoms with E-state index in [9.17, 15) is 0 Å². The fraction of sp³-hybridized carbons (Fsp3) is 0.235. The van der Waals surface area contributed by atoms with E-state index in [4.69, 9.17) is 0 Å². The quantitative estimate of drug-likeness (QED) is 0.895. The summed E-state index contributed by atoms with van der Waals surface area (Å²) in [5.41, 5.74) is 3.92. The highest BCUT2D eigenvalue weighted by atomic mass is 15.0. The van der Waals surface area contributed by atoms with E-state index in [1.54, 1.807) is 0 Å². The van der Waals surface area contributed by atoms with E-state index in [2.05, 4.69) is 58.9 Å². The summed E-state index contributed by atoms with van der Waals surface area (Å²) < 4.78 is 0. The van der Waals surface area contributed by atoms with Crippen LogP contribution >= 0.6 is 0 Å². The third kappa shape index (κ3) is 3.02. The van der Waals surface area contributed by atoms with Gasteiger partial charge in [0.25, 0.3) is 0 Å². The molecule has 2 heteroatoms. The molecule has 2 nitrogen and oxygen atoms in total. The number of benzene rings is 1. The number of aryl methyl sites for hydroxylation is 2. The number of anilines is 1. The Balaban J connectivity index is 1.57. The minimum Gasteiger partial charge on any atom is -0.367 e. The van der Waals surface area contributed by atoms with Crippen LogP contribution in [0, 0.1) is 0 Å². The van der Waals surface area contributed by atoms with E-state index < -0.39 is 0 Å². The normalized spacial score (nSPS) is 13.7. The second-order valence-electron chi connectivity index (χ2n) is 4.85. The van der Waals surface area contributed by atoms with Gasteiger partial charge < -0.3 is 5.32 Å². The van der Waals surface area contributed by atoms with E-state index in [-0.39, 0.29) is 0 Å². The Hall–Kier alpha value is -2.09. The van der Waals surface area contributed by atoms with Crippen molar-refractivity contribution in [2.45, 2.75) is 19.3 Å². The molecule has 19 heavy (non-hydrogen) atoms. The lowest BCUT2D eigenvalue weighted by atomic mass is 10.2. The number of pyridine rings is 1. The molecule has 2 aromatic rings. The molecular weight excluding hydrogens is 232 g/mol. The van der Waals surface area contributed by atoms with Crippen LogP contribution in [0.25, 0.3) is 6.08 Å². The SMILES string of the molecule is C(=C\c1ccccc1)/CNc1ccc2c(n1)CCC2. The molecule has 0 amide bonds. The van der Waals surface area contributed by atoms with Gasteiger partial charge in [-0.1, -0.05) is 48.6 Å². The Kier molecular flexibility index (Phi) is 3.59. The molecular formula is C17H18N2. The lowest BCUT2D eigenvalue weighted by Crippen LogP contribution is -2.02. The highest BCUT2D eigenvalue weighted by molar-refractivity contribution is 5.50. The third-order valence-corrected chi connectivity index (χ3v) is 3.44. The summed E-state index contributed by atoms with van der Waals surface area (Å²) >= 11 is 0. The maximum absolute atomic E-state index is 4.65. The summed E-state index contributed by atoms with van der Waals surface area (Å²) in [4.78, 5) is 4.65. The zero-order valence-corrected chi connectivity index (χ0v) is 11.0. The number of fused-ring (bicyclic) bond motifs is 1. The van der Waals surface area contributed by atoms with Crippen LogP contribution in [0.2, 0.25) is 0 Å². The first-order valence-electron chi connectivity index (χ1n) is 6.86. The minimum absolute atomic E-state index is 0.806. The van der Waals surface area contributed by atoms with E-state index >= 15 is 0 Å². The second-order valence-corrected chi connectivity index (χ2v) is 4.85. The molecule has 0 fully saturated rings. The van der Waals surface area contributed by atoms with E-state index in [0.717, 1.165) is 18.8 Å². The monoisotopic (exact) mass is 250 g/mol. The van der Waals surface area contributed by atoms with Gasteiger partial charge in [0, 0.05) is 12.2 Å². The van der Waals surface area contributed by atoms with Crippen LogP contribution in [0.1, 0.15) is 23.2 Å². The predicted molar refractivity (Wildman–Crippen MR) is 80.2 cm³/mol. The lowest BCUT2D eigenvalue weighted by Gasteiger charge is -2.05. The summed E-state index contributed by atoms with van der Waals surface area (Å²) in [6.45, 7) is 0.806. The van der Waals surface area contributed by atoms with Crippen LogP contribution < -0.4 is 5.32 Å². The number of aromatic nitrogens is 1. The van der Waals surface area contributed by atoms with Crippen LogP contribution in [-0.2, 0) is 12.8 Å². The maximum Gasteiger partial charge on any atom is 0.126 e. The van der Waals surface area contributed by atoms with Gasteiger partial charge in [-0.15, -0.1) is 0 Å². The molecule has 0 aliphatic heterocycles. The molecule has 1 aromatic carbocycles. The molecule has 1 aliphatic carbocycles. The molecule has 0 spiro atoms. The summed E-state index contributed by atoms with van der Waals surface area (Å²) in [6.07, 6.45) is 7.82. The van der Waals surface area contributed by atoms with Gasteiger partial charge in [0.15, 0.2) is 0 Å². The average molecular weight is 250 g/mol. The third-order valence-electron chi connectivity index (χ3n) is 3.44. The van der Waals surface area contributed by atoms with Crippen molar-refractivity contribution in [2.24, 2.45) is 0 Å². The maximum atomic E-state index is 4.65. The minimum atomic E-state index is 0.806. The van der Waals surface area contributed by atoms with Gasteiger partial charge in [0.1, 0.15) is 5.82 Å². The van der Waals surface area contributed by atoms with Crippen molar-refractivity contribution in [2.75, 3.05) is 11.9 Å².